The maximum absolute atomic E-state index is 13.3. The number of carboxylic acids is 1. The Morgan fingerprint density at radius 3 is 2.76 bits per heavy atom. The van der Waals surface area contributed by atoms with E-state index >= 15 is 0 Å². The fourth-order valence-electron chi connectivity index (χ4n) is 3.92. The molecule has 172 valence electrons. The molecule has 3 aromatic rings. The summed E-state index contributed by atoms with van der Waals surface area (Å²) in [6.07, 6.45) is 2.07. The van der Waals surface area contributed by atoms with Crippen LogP contribution in [0.3, 0.4) is 0 Å². The van der Waals surface area contributed by atoms with Crippen LogP contribution in [0.4, 0.5) is 14.7 Å². The van der Waals surface area contributed by atoms with Crippen molar-refractivity contribution in [3.8, 4) is 11.3 Å². The molecule has 9 heteroatoms. The van der Waals surface area contributed by atoms with Crippen LogP contribution in [0.25, 0.3) is 11.3 Å². The number of aliphatic carboxylic acids is 1. The molecule has 1 aromatic heterocycles. The van der Waals surface area contributed by atoms with E-state index in [4.69, 9.17) is 0 Å². The van der Waals surface area contributed by atoms with Gasteiger partial charge in [-0.05, 0) is 41.8 Å². The van der Waals surface area contributed by atoms with Gasteiger partial charge in [0.15, 0.2) is 0 Å². The first-order valence-corrected chi connectivity index (χ1v) is 10.8. The van der Waals surface area contributed by atoms with E-state index in [1.165, 1.54) is 12.1 Å². The molecule has 2 heterocycles. The topological polar surface area (TPSA) is 90.4 Å². The monoisotopic (exact) mass is 453 g/mol. The third-order valence-corrected chi connectivity index (χ3v) is 5.52. The second kappa shape index (κ2) is 10.5. The maximum Gasteiger partial charge on any atom is 0.322 e. The Morgan fingerprint density at radius 2 is 1.97 bits per heavy atom. The van der Waals surface area contributed by atoms with Gasteiger partial charge in [0, 0.05) is 50.6 Å². The van der Waals surface area contributed by atoms with E-state index in [0.29, 0.717) is 44.1 Å². The number of hydrogen-bond acceptors (Lipinski definition) is 6. The lowest BCUT2D eigenvalue weighted by Gasteiger charge is -2.33. The van der Waals surface area contributed by atoms with Crippen LogP contribution in [0.2, 0.25) is 0 Å². The lowest BCUT2D eigenvalue weighted by Crippen LogP contribution is -2.54. The molecule has 33 heavy (non-hydrogen) atoms. The van der Waals surface area contributed by atoms with E-state index in [-0.39, 0.29) is 0 Å². The lowest BCUT2D eigenvalue weighted by atomic mass is 10.1. The largest absolute Gasteiger partial charge is 0.480 e. The van der Waals surface area contributed by atoms with Crippen LogP contribution in [0, 0.1) is 11.6 Å². The van der Waals surface area contributed by atoms with Crippen molar-refractivity contribution in [3.63, 3.8) is 0 Å². The van der Waals surface area contributed by atoms with Crippen LogP contribution in [-0.2, 0) is 17.8 Å². The molecular formula is C24H25F2N5O2. The first-order chi connectivity index (χ1) is 16.0. The van der Waals surface area contributed by atoms with Crippen molar-refractivity contribution in [1.82, 2.24) is 20.2 Å². The van der Waals surface area contributed by atoms with Crippen molar-refractivity contribution >= 4 is 11.9 Å². The highest BCUT2D eigenvalue weighted by Gasteiger charge is 2.28. The molecule has 4 rings (SSSR count). The number of carboxylic acid groups (broad SMARTS) is 1. The molecule has 1 aliphatic heterocycles. The molecule has 1 aliphatic rings. The van der Waals surface area contributed by atoms with Gasteiger partial charge in [0.25, 0.3) is 0 Å². The molecule has 0 amide bonds. The smallest absolute Gasteiger partial charge is 0.322 e. The number of piperazine rings is 1. The average Bonchev–Trinajstić information content (AvgIpc) is 2.79. The Balaban J connectivity index is 1.42. The van der Waals surface area contributed by atoms with Crippen molar-refractivity contribution in [2.45, 2.75) is 19.0 Å². The van der Waals surface area contributed by atoms with Crippen molar-refractivity contribution in [2.75, 3.05) is 31.5 Å². The van der Waals surface area contributed by atoms with Crippen LogP contribution < -0.4 is 10.6 Å². The number of hydrogen-bond donors (Lipinski definition) is 3. The molecule has 1 saturated heterocycles. The summed E-state index contributed by atoms with van der Waals surface area (Å²) in [6.45, 7) is 2.81. The van der Waals surface area contributed by atoms with E-state index in [1.54, 1.807) is 12.3 Å². The first-order valence-electron chi connectivity index (χ1n) is 10.8. The van der Waals surface area contributed by atoms with Gasteiger partial charge in [-0.25, -0.2) is 18.7 Å². The zero-order valence-corrected chi connectivity index (χ0v) is 18.0. The van der Waals surface area contributed by atoms with Crippen molar-refractivity contribution in [2.24, 2.45) is 0 Å². The Hall–Kier alpha value is -3.43. The van der Waals surface area contributed by atoms with Gasteiger partial charge in [-0.1, -0.05) is 18.2 Å². The minimum Gasteiger partial charge on any atom is -0.480 e. The number of anilines is 1. The second-order valence-electron chi connectivity index (χ2n) is 7.95. The zero-order chi connectivity index (χ0) is 23.2. The van der Waals surface area contributed by atoms with E-state index in [9.17, 15) is 18.7 Å². The quantitative estimate of drug-likeness (QED) is 0.483. The standard InChI is InChI=1S/C24H25F2N5O2/c25-19-11-16(12-20(26)13-19)4-6-28-24-29-7-5-21(30-24)18-3-1-2-17(10-18)15-31-9-8-27-14-22(31)23(32)33/h1-3,5,7,10-13,22,27H,4,6,8-9,14-15H2,(H,32,33)(H,28,29,30). The predicted molar refractivity (Wildman–Crippen MR) is 121 cm³/mol. The Labute approximate surface area is 190 Å². The summed E-state index contributed by atoms with van der Waals surface area (Å²) in [5.41, 5.74) is 3.17. The van der Waals surface area contributed by atoms with E-state index in [2.05, 4.69) is 20.6 Å². The highest BCUT2D eigenvalue weighted by molar-refractivity contribution is 5.74. The molecule has 7 nitrogen and oxygen atoms in total. The second-order valence-corrected chi connectivity index (χ2v) is 7.95. The van der Waals surface area contributed by atoms with Gasteiger partial charge in [0.05, 0.1) is 5.69 Å². The lowest BCUT2D eigenvalue weighted by molar-refractivity contribution is -0.144. The van der Waals surface area contributed by atoms with Crippen molar-refractivity contribution in [3.05, 3.63) is 77.5 Å². The first kappa shape index (κ1) is 22.8. The van der Waals surface area contributed by atoms with Crippen molar-refractivity contribution in [1.29, 1.82) is 0 Å². The summed E-state index contributed by atoms with van der Waals surface area (Å²) in [5.74, 6) is -1.61. The minimum atomic E-state index is -0.828. The Bertz CT molecular complexity index is 1110. The molecular weight excluding hydrogens is 428 g/mol. The minimum absolute atomic E-state index is 0.419. The van der Waals surface area contributed by atoms with Crippen molar-refractivity contribution < 1.29 is 18.7 Å². The third kappa shape index (κ3) is 6.09. The van der Waals surface area contributed by atoms with E-state index < -0.39 is 23.6 Å². The van der Waals surface area contributed by atoms with Crippen LogP contribution >= 0.6 is 0 Å². The molecule has 0 aliphatic carbocycles. The van der Waals surface area contributed by atoms with Gasteiger partial charge < -0.3 is 15.7 Å². The fraction of sp³-hybridized carbons (Fsp3) is 0.292. The molecule has 1 atom stereocenters. The van der Waals surface area contributed by atoms with Gasteiger partial charge >= 0.3 is 5.97 Å². The summed E-state index contributed by atoms with van der Waals surface area (Å²) in [6, 6.07) is 12.6. The van der Waals surface area contributed by atoms with Crippen LogP contribution in [0.15, 0.2) is 54.7 Å². The molecule has 0 radical (unpaired) electrons. The SMILES string of the molecule is O=C(O)C1CNCCN1Cc1cccc(-c2ccnc(NCCc3cc(F)cc(F)c3)n2)c1. The molecule has 0 spiro atoms. The number of nitrogens with zero attached hydrogens (tertiary/aromatic N) is 3. The number of halogens is 2. The molecule has 1 unspecified atom stereocenters. The zero-order valence-electron chi connectivity index (χ0n) is 18.0. The predicted octanol–water partition coefficient (Wildman–Crippen LogP) is 2.93. The highest BCUT2D eigenvalue weighted by Crippen LogP contribution is 2.21. The third-order valence-electron chi connectivity index (χ3n) is 5.52. The Morgan fingerprint density at radius 1 is 1.15 bits per heavy atom. The molecule has 0 saturated carbocycles. The van der Waals surface area contributed by atoms with Gasteiger partial charge in [-0.15, -0.1) is 0 Å². The Kier molecular flexibility index (Phi) is 7.21. The summed E-state index contributed by atoms with van der Waals surface area (Å²) >= 11 is 0. The number of benzene rings is 2. The number of nitrogens with one attached hydrogen (secondary N) is 2. The van der Waals surface area contributed by atoms with Crippen LogP contribution in [0.5, 0.6) is 0 Å². The van der Waals surface area contributed by atoms with E-state index in [1.807, 2.05) is 29.2 Å². The summed E-state index contributed by atoms with van der Waals surface area (Å²) in [7, 11) is 0. The number of rotatable bonds is 8. The summed E-state index contributed by atoms with van der Waals surface area (Å²) < 4.78 is 26.7. The van der Waals surface area contributed by atoms with Gasteiger partial charge in [-0.2, -0.15) is 0 Å². The normalized spacial score (nSPS) is 16.5. The summed E-state index contributed by atoms with van der Waals surface area (Å²) in [5, 5.41) is 15.7. The molecule has 1 fully saturated rings. The van der Waals surface area contributed by atoms with Gasteiger partial charge in [0.2, 0.25) is 5.95 Å². The maximum atomic E-state index is 13.3. The van der Waals surface area contributed by atoms with Gasteiger partial charge in [-0.3, -0.25) is 9.69 Å². The average molecular weight is 453 g/mol. The molecule has 0 bridgehead atoms. The van der Waals surface area contributed by atoms with Gasteiger partial charge in [0.1, 0.15) is 17.7 Å². The van der Waals surface area contributed by atoms with Crippen LogP contribution in [-0.4, -0.2) is 58.2 Å². The summed E-state index contributed by atoms with van der Waals surface area (Å²) in [4.78, 5) is 22.3. The number of aromatic nitrogens is 2. The fourth-order valence-corrected chi connectivity index (χ4v) is 3.92. The highest BCUT2D eigenvalue weighted by atomic mass is 19.1. The van der Waals surface area contributed by atoms with Crippen LogP contribution in [0.1, 0.15) is 11.1 Å². The number of carbonyl (C=O) groups is 1. The molecule has 2 aromatic carbocycles. The molecule has 3 N–H and O–H groups in total. The van der Waals surface area contributed by atoms with E-state index in [0.717, 1.165) is 29.4 Å².